The van der Waals surface area contributed by atoms with E-state index < -0.39 is 0 Å². The molecule has 14 aromatic rings. The van der Waals surface area contributed by atoms with Crippen molar-refractivity contribution >= 4 is 88.5 Å². The quantitative estimate of drug-likeness (QED) is 0.161. The van der Waals surface area contributed by atoms with Gasteiger partial charge in [0.1, 0.15) is 0 Å². The third-order valence-electron chi connectivity index (χ3n) is 17.2. The molecule has 6 heterocycles. The molecule has 16 rings (SSSR count). The zero-order valence-corrected chi connectivity index (χ0v) is 45.3. The molecule has 7 nitrogen and oxygen atoms in total. The lowest BCUT2D eigenvalue weighted by atomic mass is 9.34. The molecule has 0 atom stereocenters. The summed E-state index contributed by atoms with van der Waals surface area (Å²) in [6.45, 7) is 14.1. The molecule has 0 spiro atoms. The average Bonchev–Trinajstić information content (AvgIpc) is 3.31. The van der Waals surface area contributed by atoms with Crippen molar-refractivity contribution in [2.45, 2.75) is 52.4 Å². The fraction of sp³-hybridized carbons (Fsp3) is 0.111. The monoisotopic (exact) mass is 1030 g/mol. The summed E-state index contributed by atoms with van der Waals surface area (Å²) < 4.78 is 7.51. The van der Waals surface area contributed by atoms with Crippen LogP contribution in [0, 0.1) is 11.3 Å². The van der Waals surface area contributed by atoms with Crippen molar-refractivity contribution in [1.82, 2.24) is 28.7 Å². The molecule has 0 radical (unpaired) electrons. The molecule has 0 unspecified atom stereocenters. The fourth-order valence-electron chi connectivity index (χ4n) is 13.3. The molecule has 80 heavy (non-hydrogen) atoms. The molecule has 8 heteroatoms. The number of nitrogens with zero attached hydrogens (tertiary/aromatic N) is 7. The van der Waals surface area contributed by atoms with Crippen LogP contribution in [0.25, 0.3) is 128 Å². The van der Waals surface area contributed by atoms with Gasteiger partial charge in [0, 0.05) is 71.4 Å². The van der Waals surface area contributed by atoms with Crippen molar-refractivity contribution in [3.8, 4) is 68.4 Å². The number of benzene rings is 10. The standard InChI is InChI=1S/C72H52BN7/c1-71(2,3)47-37-53-50-24-14-17-27-59(50)79-63-35-46(36-64-65(63)73(56(39-47)66(53)79)57-40-48(72(4,5)6)38-54-51-25-15-18-28-60(51)80(64)67(54)57)45-30-32-61-52(34-45)49-23-13-16-26-58(49)78(61)62-31-29-42(41-74)33-55(62)70-76-68(43-19-9-7-10-20-43)75-69(77-70)44-21-11-8-12-22-44/h7-40H,1-6H3. The summed E-state index contributed by atoms with van der Waals surface area (Å²) in [5.41, 5.74) is 22.3. The molecule has 10 aromatic carbocycles. The Balaban J connectivity index is 0.967. The lowest BCUT2D eigenvalue weighted by Crippen LogP contribution is -2.59. The Hall–Kier alpha value is -9.84. The zero-order chi connectivity index (χ0) is 53.9. The summed E-state index contributed by atoms with van der Waals surface area (Å²) in [6.07, 6.45) is 0. The van der Waals surface area contributed by atoms with Gasteiger partial charge >= 0.3 is 0 Å². The predicted molar refractivity (Wildman–Crippen MR) is 331 cm³/mol. The second-order valence-electron chi connectivity index (χ2n) is 24.0. The van der Waals surface area contributed by atoms with E-state index in [9.17, 15) is 5.26 Å². The van der Waals surface area contributed by atoms with E-state index in [1.54, 1.807) is 0 Å². The minimum Gasteiger partial charge on any atom is -0.310 e. The van der Waals surface area contributed by atoms with Gasteiger partial charge in [0.25, 0.3) is 6.71 Å². The van der Waals surface area contributed by atoms with Crippen molar-refractivity contribution in [3.05, 3.63) is 223 Å². The van der Waals surface area contributed by atoms with Crippen molar-refractivity contribution < 1.29 is 0 Å². The molecule has 4 aromatic heterocycles. The van der Waals surface area contributed by atoms with E-state index in [1.807, 2.05) is 78.9 Å². The highest BCUT2D eigenvalue weighted by molar-refractivity contribution is 7.00. The van der Waals surface area contributed by atoms with Crippen LogP contribution < -0.4 is 16.4 Å². The molecule has 0 amide bonds. The molecular formula is C72H52BN7. The van der Waals surface area contributed by atoms with Gasteiger partial charge in [-0.25, -0.2) is 15.0 Å². The zero-order valence-electron chi connectivity index (χ0n) is 45.3. The summed E-state index contributed by atoms with van der Waals surface area (Å²) in [5.74, 6) is 1.60. The van der Waals surface area contributed by atoms with Gasteiger partial charge in [-0.2, -0.15) is 5.26 Å². The molecule has 0 aliphatic carbocycles. The minimum atomic E-state index is -0.0684. The van der Waals surface area contributed by atoms with Gasteiger partial charge in [-0.3, -0.25) is 0 Å². The second kappa shape index (κ2) is 16.6. The minimum absolute atomic E-state index is 0.00346. The predicted octanol–water partition coefficient (Wildman–Crippen LogP) is 15.4. The highest BCUT2D eigenvalue weighted by Gasteiger charge is 2.42. The van der Waals surface area contributed by atoms with Crippen LogP contribution in [0.3, 0.4) is 0 Å². The van der Waals surface area contributed by atoms with E-state index in [0.29, 0.717) is 23.0 Å². The Labute approximate surface area is 463 Å². The number of hydrogen-bond acceptors (Lipinski definition) is 4. The number of hydrogen-bond donors (Lipinski definition) is 0. The Kier molecular flexibility index (Phi) is 9.60. The van der Waals surface area contributed by atoms with E-state index in [4.69, 9.17) is 15.0 Å². The van der Waals surface area contributed by atoms with Gasteiger partial charge in [0.2, 0.25) is 0 Å². The van der Waals surface area contributed by atoms with Gasteiger partial charge in [-0.05, 0) is 122 Å². The van der Waals surface area contributed by atoms with E-state index in [0.717, 1.165) is 55.3 Å². The maximum absolute atomic E-state index is 10.4. The van der Waals surface area contributed by atoms with E-state index in [2.05, 4.69) is 189 Å². The summed E-state index contributed by atoms with van der Waals surface area (Å²) >= 11 is 0. The van der Waals surface area contributed by atoms with Crippen LogP contribution in [0.15, 0.2) is 206 Å². The first-order chi connectivity index (χ1) is 38.9. The Morgan fingerprint density at radius 3 is 1.35 bits per heavy atom. The van der Waals surface area contributed by atoms with Gasteiger partial charge in [-0.1, -0.05) is 175 Å². The van der Waals surface area contributed by atoms with Crippen LogP contribution >= 0.6 is 0 Å². The lowest BCUT2D eigenvalue weighted by Gasteiger charge is -2.36. The maximum Gasteiger partial charge on any atom is 0.252 e. The van der Waals surface area contributed by atoms with Crippen LogP contribution in [0.5, 0.6) is 0 Å². The summed E-state index contributed by atoms with van der Waals surface area (Å²) in [4.78, 5) is 15.4. The molecule has 2 aliphatic heterocycles. The topological polar surface area (TPSA) is 77.2 Å². The normalized spacial score (nSPS) is 12.8. The summed E-state index contributed by atoms with van der Waals surface area (Å²) in [7, 11) is 0. The van der Waals surface area contributed by atoms with Crippen LogP contribution in [0.2, 0.25) is 0 Å². The highest BCUT2D eigenvalue weighted by Crippen LogP contribution is 2.45. The maximum atomic E-state index is 10.4. The number of rotatable bonds is 5. The van der Waals surface area contributed by atoms with Crippen LogP contribution in [-0.4, -0.2) is 35.4 Å². The van der Waals surface area contributed by atoms with E-state index in [-0.39, 0.29) is 17.5 Å². The van der Waals surface area contributed by atoms with E-state index >= 15 is 0 Å². The first-order valence-electron chi connectivity index (χ1n) is 27.7. The Morgan fingerprint density at radius 1 is 0.375 bits per heavy atom. The number of fused-ring (bicyclic) bond motifs is 13. The van der Waals surface area contributed by atoms with Crippen molar-refractivity contribution in [1.29, 1.82) is 5.26 Å². The first kappa shape index (κ1) is 46.3. The Bertz CT molecular complexity index is 4820. The third kappa shape index (κ3) is 6.64. The van der Waals surface area contributed by atoms with Crippen molar-refractivity contribution in [3.63, 3.8) is 0 Å². The van der Waals surface area contributed by atoms with Crippen molar-refractivity contribution in [2.75, 3.05) is 0 Å². The number of nitriles is 1. The lowest BCUT2D eigenvalue weighted by molar-refractivity contribution is 0.591. The fourth-order valence-corrected chi connectivity index (χ4v) is 13.3. The smallest absolute Gasteiger partial charge is 0.252 e. The van der Waals surface area contributed by atoms with E-state index in [1.165, 1.54) is 82.5 Å². The molecule has 2 aliphatic rings. The number of aromatic nitrogens is 6. The van der Waals surface area contributed by atoms with Gasteiger partial charge in [-0.15, -0.1) is 0 Å². The van der Waals surface area contributed by atoms with Gasteiger partial charge in [0.05, 0.1) is 39.4 Å². The molecule has 0 N–H and O–H groups in total. The largest absolute Gasteiger partial charge is 0.310 e. The van der Waals surface area contributed by atoms with Crippen LogP contribution in [0.1, 0.15) is 58.2 Å². The van der Waals surface area contributed by atoms with Gasteiger partial charge in [0.15, 0.2) is 17.5 Å². The van der Waals surface area contributed by atoms with Crippen molar-refractivity contribution in [2.24, 2.45) is 0 Å². The summed E-state index contributed by atoms with van der Waals surface area (Å²) in [5, 5.41) is 17.8. The molecule has 0 saturated heterocycles. The van der Waals surface area contributed by atoms with Crippen LogP contribution in [-0.2, 0) is 10.8 Å². The molecule has 0 fully saturated rings. The second-order valence-corrected chi connectivity index (χ2v) is 24.0. The highest BCUT2D eigenvalue weighted by atomic mass is 15.1. The third-order valence-corrected chi connectivity index (χ3v) is 17.2. The Morgan fingerprint density at radius 2 is 0.838 bits per heavy atom. The SMILES string of the molecule is CC(C)(C)c1cc2c3c(c1)c1ccccc1n3-c1cc(-c3ccc4c(c3)c3ccccc3n4-c3ccc(C#N)cc3-c3nc(-c4ccccc4)nc(-c4ccccc4)n3)cc3c1B2c1cc(C(C)(C)C)cc2c4ccccc4n-3c12. The molecule has 378 valence electrons. The van der Waals surface area contributed by atoms with Gasteiger partial charge < -0.3 is 13.7 Å². The van der Waals surface area contributed by atoms with Crippen LogP contribution in [0.4, 0.5) is 0 Å². The number of para-hydroxylation sites is 3. The molecule has 0 bridgehead atoms. The first-order valence-corrected chi connectivity index (χ1v) is 27.7. The molecular weight excluding hydrogens is 974 g/mol. The summed E-state index contributed by atoms with van der Waals surface area (Å²) in [6, 6.07) is 77.0. The average molecular weight is 1030 g/mol. The molecule has 0 saturated carbocycles.